The lowest BCUT2D eigenvalue weighted by Gasteiger charge is -1.97. The second-order valence-electron chi connectivity index (χ2n) is 2.50. The topological polar surface area (TPSA) is 63.6 Å². The highest BCUT2D eigenvalue weighted by molar-refractivity contribution is 8.38. The van der Waals surface area contributed by atoms with Crippen molar-refractivity contribution in [2.75, 3.05) is 12.5 Å². The minimum atomic E-state index is 0.378. The van der Waals surface area contributed by atoms with Gasteiger partial charge >= 0.3 is 0 Å². The smallest absolute Gasteiger partial charge is 0.154 e. The average molecular weight is 240 g/mol. The molecule has 1 aromatic heterocycles. The van der Waals surface area contributed by atoms with E-state index in [2.05, 4.69) is 15.2 Å². The van der Waals surface area contributed by atoms with Gasteiger partial charge in [-0.1, -0.05) is 0 Å². The predicted molar refractivity (Wildman–Crippen MR) is 69.4 cm³/mol. The third-order valence-corrected chi connectivity index (χ3v) is 3.41. The standard InChI is InChI=1S/C9H12N4S2/c1-14-9(15-2)13-12-8(10)7-4-3-5-11-6-7/h3-6H,1-2H3,(H2,10,12). The van der Waals surface area contributed by atoms with Gasteiger partial charge in [-0.3, -0.25) is 4.98 Å². The van der Waals surface area contributed by atoms with Gasteiger partial charge in [-0.2, -0.15) is 0 Å². The van der Waals surface area contributed by atoms with E-state index >= 15 is 0 Å². The van der Waals surface area contributed by atoms with Crippen molar-refractivity contribution in [2.45, 2.75) is 0 Å². The summed E-state index contributed by atoms with van der Waals surface area (Å²) in [4.78, 5) is 3.95. The summed E-state index contributed by atoms with van der Waals surface area (Å²) < 4.78 is 0.877. The molecule has 80 valence electrons. The lowest BCUT2D eigenvalue weighted by atomic mass is 10.3. The van der Waals surface area contributed by atoms with Crippen molar-refractivity contribution in [3.8, 4) is 0 Å². The lowest BCUT2D eigenvalue weighted by Crippen LogP contribution is -2.12. The Morgan fingerprint density at radius 1 is 1.33 bits per heavy atom. The zero-order valence-corrected chi connectivity index (χ0v) is 10.2. The Labute approximate surface area is 97.5 Å². The Bertz CT molecular complexity index is 356. The van der Waals surface area contributed by atoms with Crippen molar-refractivity contribution in [1.82, 2.24) is 4.98 Å². The maximum absolute atomic E-state index is 5.74. The van der Waals surface area contributed by atoms with E-state index in [0.717, 1.165) is 9.94 Å². The second-order valence-corrected chi connectivity index (χ2v) is 4.35. The van der Waals surface area contributed by atoms with Crippen LogP contribution in [0.15, 0.2) is 34.7 Å². The molecule has 1 aromatic rings. The van der Waals surface area contributed by atoms with E-state index in [1.807, 2.05) is 24.6 Å². The summed E-state index contributed by atoms with van der Waals surface area (Å²) >= 11 is 3.08. The molecule has 1 rings (SSSR count). The molecule has 4 nitrogen and oxygen atoms in total. The Morgan fingerprint density at radius 3 is 2.60 bits per heavy atom. The molecule has 0 atom stereocenters. The second kappa shape index (κ2) is 6.47. The lowest BCUT2D eigenvalue weighted by molar-refractivity contribution is 1.22. The zero-order valence-electron chi connectivity index (χ0n) is 8.54. The Balaban J connectivity index is 2.81. The van der Waals surface area contributed by atoms with Crippen LogP contribution < -0.4 is 5.73 Å². The summed E-state index contributed by atoms with van der Waals surface area (Å²) in [6.45, 7) is 0. The molecule has 0 spiro atoms. The van der Waals surface area contributed by atoms with Gasteiger partial charge in [-0.25, -0.2) is 0 Å². The molecule has 0 aliphatic carbocycles. The van der Waals surface area contributed by atoms with Crippen molar-refractivity contribution in [2.24, 2.45) is 15.9 Å². The van der Waals surface area contributed by atoms with Gasteiger partial charge in [0.2, 0.25) is 0 Å². The van der Waals surface area contributed by atoms with E-state index < -0.39 is 0 Å². The first-order chi connectivity index (χ1) is 7.27. The van der Waals surface area contributed by atoms with Crippen LogP contribution in [0.2, 0.25) is 0 Å². The third-order valence-electron chi connectivity index (χ3n) is 1.55. The molecule has 0 bridgehead atoms. The van der Waals surface area contributed by atoms with Crippen molar-refractivity contribution >= 4 is 33.7 Å². The molecule has 0 unspecified atom stereocenters. The van der Waals surface area contributed by atoms with Crippen LogP contribution in [0.25, 0.3) is 0 Å². The van der Waals surface area contributed by atoms with Gasteiger partial charge in [0, 0.05) is 18.0 Å². The van der Waals surface area contributed by atoms with Gasteiger partial charge < -0.3 is 5.73 Å². The van der Waals surface area contributed by atoms with Crippen molar-refractivity contribution in [3.63, 3.8) is 0 Å². The molecule has 1 heterocycles. The van der Waals surface area contributed by atoms with Crippen molar-refractivity contribution < 1.29 is 0 Å². The number of thioether (sulfide) groups is 2. The highest BCUT2D eigenvalue weighted by Crippen LogP contribution is 2.10. The highest BCUT2D eigenvalue weighted by atomic mass is 32.2. The van der Waals surface area contributed by atoms with E-state index in [1.165, 1.54) is 0 Å². The van der Waals surface area contributed by atoms with Crippen LogP contribution in [-0.4, -0.2) is 27.7 Å². The normalized spacial score (nSPS) is 11.2. The monoisotopic (exact) mass is 240 g/mol. The minimum absolute atomic E-state index is 0.378. The fourth-order valence-corrected chi connectivity index (χ4v) is 1.74. The molecule has 0 amide bonds. The first kappa shape index (κ1) is 12.1. The van der Waals surface area contributed by atoms with Gasteiger partial charge in [-0.15, -0.1) is 33.7 Å². The van der Waals surface area contributed by atoms with Crippen LogP contribution in [0, 0.1) is 0 Å². The maximum atomic E-state index is 5.74. The fourth-order valence-electron chi connectivity index (χ4n) is 0.832. The molecular weight excluding hydrogens is 228 g/mol. The first-order valence-corrected chi connectivity index (χ1v) is 6.62. The summed E-state index contributed by atoms with van der Waals surface area (Å²) in [5.74, 6) is 0.378. The molecule has 0 aliphatic rings. The summed E-state index contributed by atoms with van der Waals surface area (Å²) in [7, 11) is 0. The van der Waals surface area contributed by atoms with Crippen LogP contribution in [0.4, 0.5) is 0 Å². The van der Waals surface area contributed by atoms with E-state index in [4.69, 9.17) is 5.73 Å². The Morgan fingerprint density at radius 2 is 2.07 bits per heavy atom. The van der Waals surface area contributed by atoms with E-state index in [9.17, 15) is 0 Å². The average Bonchev–Trinajstić information content (AvgIpc) is 2.31. The van der Waals surface area contributed by atoms with Gasteiger partial charge in [0.15, 0.2) is 10.2 Å². The number of rotatable bonds is 2. The number of nitrogens with two attached hydrogens (primary N) is 1. The van der Waals surface area contributed by atoms with Crippen LogP contribution >= 0.6 is 23.5 Å². The number of amidine groups is 1. The molecule has 0 radical (unpaired) electrons. The number of hydrogen-bond donors (Lipinski definition) is 1. The van der Waals surface area contributed by atoms with E-state index in [-0.39, 0.29) is 0 Å². The molecule has 0 fully saturated rings. The molecular formula is C9H12N4S2. The summed E-state index contributed by atoms with van der Waals surface area (Å²) in [5.41, 5.74) is 6.52. The number of hydrogen-bond acceptors (Lipinski definition) is 5. The van der Waals surface area contributed by atoms with Gasteiger partial charge in [-0.05, 0) is 24.6 Å². The number of nitrogens with zero attached hydrogens (tertiary/aromatic N) is 3. The van der Waals surface area contributed by atoms with Gasteiger partial charge in [0.05, 0.1) is 0 Å². The molecule has 0 saturated heterocycles. The van der Waals surface area contributed by atoms with Gasteiger partial charge in [0.25, 0.3) is 0 Å². The van der Waals surface area contributed by atoms with Crippen LogP contribution in [0.3, 0.4) is 0 Å². The van der Waals surface area contributed by atoms with Crippen LogP contribution in [-0.2, 0) is 0 Å². The van der Waals surface area contributed by atoms with Crippen molar-refractivity contribution in [1.29, 1.82) is 0 Å². The minimum Gasteiger partial charge on any atom is -0.382 e. The molecule has 0 aromatic carbocycles. The van der Waals surface area contributed by atoms with E-state index in [1.54, 1.807) is 35.9 Å². The van der Waals surface area contributed by atoms with Gasteiger partial charge in [0.1, 0.15) is 0 Å². The maximum Gasteiger partial charge on any atom is 0.154 e. The Hall–Kier alpha value is -1.01. The quantitative estimate of drug-likeness (QED) is 0.486. The fraction of sp³-hybridized carbons (Fsp3) is 0.222. The number of aromatic nitrogens is 1. The molecule has 2 N–H and O–H groups in total. The number of pyridine rings is 1. The van der Waals surface area contributed by atoms with E-state index in [0.29, 0.717) is 5.84 Å². The van der Waals surface area contributed by atoms with Crippen molar-refractivity contribution in [3.05, 3.63) is 30.1 Å². The summed E-state index contributed by atoms with van der Waals surface area (Å²) in [5, 5.41) is 7.95. The highest BCUT2D eigenvalue weighted by Gasteiger charge is 1.97. The Kier molecular flexibility index (Phi) is 5.20. The van der Waals surface area contributed by atoms with Crippen LogP contribution in [0.5, 0.6) is 0 Å². The summed E-state index contributed by atoms with van der Waals surface area (Å²) in [6.07, 6.45) is 7.25. The first-order valence-electron chi connectivity index (χ1n) is 4.17. The molecule has 15 heavy (non-hydrogen) atoms. The predicted octanol–water partition coefficient (Wildman–Crippen LogP) is 1.78. The third kappa shape index (κ3) is 3.93. The summed E-state index contributed by atoms with van der Waals surface area (Å²) in [6, 6.07) is 3.66. The SMILES string of the molecule is CSC(=N/N=C(\N)c1cccnc1)SC. The molecule has 6 heteroatoms. The molecule has 0 aliphatic heterocycles. The zero-order chi connectivity index (χ0) is 11.1. The van der Waals surface area contributed by atoms with Crippen LogP contribution in [0.1, 0.15) is 5.56 Å². The molecule has 0 saturated carbocycles. The largest absolute Gasteiger partial charge is 0.382 e.